The van der Waals surface area contributed by atoms with Gasteiger partial charge in [-0.25, -0.2) is 4.98 Å². The van der Waals surface area contributed by atoms with Crippen molar-refractivity contribution in [3.8, 4) is 0 Å². The normalized spacial score (nSPS) is 10.1. The van der Waals surface area contributed by atoms with Crippen molar-refractivity contribution in [1.82, 2.24) is 9.97 Å². The summed E-state index contributed by atoms with van der Waals surface area (Å²) < 4.78 is 0.688. The fraction of sp³-hybridized carbons (Fsp3) is 0. The van der Waals surface area contributed by atoms with Gasteiger partial charge in [0, 0.05) is 28.5 Å². The van der Waals surface area contributed by atoms with Gasteiger partial charge in [-0.2, -0.15) is 0 Å². The van der Waals surface area contributed by atoms with Crippen molar-refractivity contribution in [2.24, 2.45) is 0 Å². The van der Waals surface area contributed by atoms with Crippen molar-refractivity contribution in [1.29, 1.82) is 0 Å². The Morgan fingerprint density at radius 1 is 1.44 bits per heavy atom. The zero-order valence-electron chi connectivity index (χ0n) is 8.91. The molecule has 0 atom stereocenters. The van der Waals surface area contributed by atoms with Gasteiger partial charge in [-0.3, -0.25) is 9.59 Å². The van der Waals surface area contributed by atoms with Crippen LogP contribution in [0.5, 0.6) is 0 Å². The van der Waals surface area contributed by atoms with Gasteiger partial charge >= 0.3 is 0 Å². The minimum absolute atomic E-state index is 0.177. The van der Waals surface area contributed by atoms with E-state index in [1.807, 2.05) is 0 Å². The number of aromatic nitrogens is 2. The molecule has 1 amide bonds. The van der Waals surface area contributed by atoms with Gasteiger partial charge in [0.25, 0.3) is 5.91 Å². The number of H-pyrrole nitrogens is 1. The van der Waals surface area contributed by atoms with Crippen molar-refractivity contribution in [2.75, 3.05) is 5.32 Å². The Bertz CT molecular complexity index is 657. The van der Waals surface area contributed by atoms with Crippen LogP contribution in [0.2, 0.25) is 5.15 Å². The molecule has 0 spiro atoms. The maximum atomic E-state index is 11.9. The molecule has 2 aromatic rings. The lowest BCUT2D eigenvalue weighted by Crippen LogP contribution is -2.16. The van der Waals surface area contributed by atoms with E-state index in [1.54, 1.807) is 6.07 Å². The number of halogens is 2. The average molecular weight is 329 g/mol. The number of carbonyl (C=O) groups is 1. The van der Waals surface area contributed by atoms with E-state index >= 15 is 0 Å². The van der Waals surface area contributed by atoms with Gasteiger partial charge < -0.3 is 10.3 Å². The molecule has 0 saturated heterocycles. The lowest BCUT2D eigenvalue weighted by molar-refractivity contribution is 0.102. The van der Waals surface area contributed by atoms with Crippen LogP contribution in [-0.2, 0) is 0 Å². The van der Waals surface area contributed by atoms with Crippen LogP contribution in [-0.4, -0.2) is 15.9 Å². The smallest absolute Gasteiger partial charge is 0.255 e. The third kappa shape index (κ3) is 2.96. The van der Waals surface area contributed by atoms with E-state index in [1.165, 1.54) is 24.5 Å². The molecule has 0 bridgehead atoms. The van der Waals surface area contributed by atoms with Crippen molar-refractivity contribution in [2.45, 2.75) is 0 Å². The summed E-state index contributed by atoms with van der Waals surface area (Å²) in [6.45, 7) is 0. The first-order valence-electron chi connectivity index (χ1n) is 4.87. The van der Waals surface area contributed by atoms with E-state index in [9.17, 15) is 9.59 Å². The van der Waals surface area contributed by atoms with E-state index in [-0.39, 0.29) is 16.3 Å². The minimum Gasteiger partial charge on any atom is -0.329 e. The Hall–Kier alpha value is -1.66. The van der Waals surface area contributed by atoms with Crippen molar-refractivity contribution in [3.63, 3.8) is 0 Å². The van der Waals surface area contributed by atoms with Crippen LogP contribution in [0.25, 0.3) is 0 Å². The molecule has 2 aromatic heterocycles. The molecule has 0 fully saturated rings. The first-order chi connectivity index (χ1) is 8.56. The summed E-state index contributed by atoms with van der Waals surface area (Å²) in [5.41, 5.74) is 0.271. The van der Waals surface area contributed by atoms with Crippen LogP contribution in [0.4, 0.5) is 5.69 Å². The highest BCUT2D eigenvalue weighted by Crippen LogP contribution is 2.23. The second-order valence-corrected chi connectivity index (χ2v) is 4.66. The Labute approximate surface area is 115 Å². The largest absolute Gasteiger partial charge is 0.329 e. The summed E-state index contributed by atoms with van der Waals surface area (Å²) in [6.07, 6.45) is 2.92. The summed E-state index contributed by atoms with van der Waals surface area (Å²) in [5.74, 6) is -0.428. The van der Waals surface area contributed by atoms with E-state index in [4.69, 9.17) is 11.6 Å². The Morgan fingerprint density at radius 3 is 2.94 bits per heavy atom. The highest BCUT2D eigenvalue weighted by atomic mass is 79.9. The molecule has 0 aliphatic rings. The molecule has 2 rings (SSSR count). The van der Waals surface area contributed by atoms with Gasteiger partial charge in [-0.15, -0.1) is 0 Å². The van der Waals surface area contributed by atoms with E-state index in [0.717, 1.165) is 0 Å². The van der Waals surface area contributed by atoms with E-state index in [0.29, 0.717) is 10.2 Å². The number of amides is 1. The number of carbonyl (C=O) groups excluding carboxylic acids is 1. The third-order valence-electron chi connectivity index (χ3n) is 2.09. The Morgan fingerprint density at radius 2 is 2.22 bits per heavy atom. The maximum absolute atomic E-state index is 11.9. The lowest BCUT2D eigenvalue weighted by atomic mass is 10.2. The zero-order valence-corrected chi connectivity index (χ0v) is 11.2. The standard InChI is InChI=1S/C11H7BrClN3O2/c12-7-4-8(10(13)15-5-7)16-11(18)6-1-2-14-9(17)3-6/h1-5H,(H,14,17)(H,16,18). The summed E-state index contributed by atoms with van der Waals surface area (Å²) in [7, 11) is 0. The van der Waals surface area contributed by atoms with Gasteiger partial charge in [-0.1, -0.05) is 11.6 Å². The van der Waals surface area contributed by atoms with Crippen LogP contribution >= 0.6 is 27.5 Å². The van der Waals surface area contributed by atoms with Crippen molar-refractivity contribution >= 4 is 39.1 Å². The third-order valence-corrected chi connectivity index (χ3v) is 2.83. The molecule has 0 unspecified atom stereocenters. The number of hydrogen-bond donors (Lipinski definition) is 2. The number of nitrogens with one attached hydrogen (secondary N) is 2. The number of nitrogens with zero attached hydrogens (tertiary/aromatic N) is 1. The summed E-state index contributed by atoms with van der Waals surface area (Å²) >= 11 is 9.07. The molecule has 0 aromatic carbocycles. The predicted molar refractivity (Wildman–Crippen MR) is 72.0 cm³/mol. The summed E-state index contributed by atoms with van der Waals surface area (Å²) in [6, 6.07) is 4.32. The molecular weight excluding hydrogens is 321 g/mol. The van der Waals surface area contributed by atoms with Gasteiger partial charge in [-0.05, 0) is 28.1 Å². The van der Waals surface area contributed by atoms with Gasteiger partial charge in [0.05, 0.1) is 5.69 Å². The Kier molecular flexibility index (Phi) is 3.78. The molecule has 0 aliphatic carbocycles. The first kappa shape index (κ1) is 12.8. The molecule has 7 heteroatoms. The number of anilines is 1. The van der Waals surface area contributed by atoms with Crippen LogP contribution < -0.4 is 10.9 Å². The fourth-order valence-electron chi connectivity index (χ4n) is 1.29. The number of rotatable bonds is 2. The minimum atomic E-state index is -0.428. The van der Waals surface area contributed by atoms with Crippen LogP contribution in [0.3, 0.4) is 0 Å². The van der Waals surface area contributed by atoms with Gasteiger partial charge in [0.1, 0.15) is 0 Å². The highest BCUT2D eigenvalue weighted by molar-refractivity contribution is 9.10. The van der Waals surface area contributed by atoms with Crippen molar-refractivity contribution in [3.05, 3.63) is 56.1 Å². The number of pyridine rings is 2. The van der Waals surface area contributed by atoms with Crippen LogP contribution in [0.1, 0.15) is 10.4 Å². The van der Waals surface area contributed by atoms with Gasteiger partial charge in [0.15, 0.2) is 5.15 Å². The van der Waals surface area contributed by atoms with E-state index in [2.05, 4.69) is 31.2 Å². The van der Waals surface area contributed by atoms with Gasteiger partial charge in [0.2, 0.25) is 5.56 Å². The maximum Gasteiger partial charge on any atom is 0.255 e. The number of hydrogen-bond acceptors (Lipinski definition) is 3. The van der Waals surface area contributed by atoms with E-state index < -0.39 is 5.91 Å². The second kappa shape index (κ2) is 5.32. The monoisotopic (exact) mass is 327 g/mol. The molecule has 18 heavy (non-hydrogen) atoms. The summed E-state index contributed by atoms with van der Waals surface area (Å²) in [4.78, 5) is 29.3. The molecule has 92 valence electrons. The molecule has 5 nitrogen and oxygen atoms in total. The molecule has 2 N–H and O–H groups in total. The highest BCUT2D eigenvalue weighted by Gasteiger charge is 2.09. The lowest BCUT2D eigenvalue weighted by Gasteiger charge is -2.06. The first-order valence-corrected chi connectivity index (χ1v) is 6.04. The Balaban J connectivity index is 2.26. The van der Waals surface area contributed by atoms with Crippen LogP contribution in [0, 0.1) is 0 Å². The quantitative estimate of drug-likeness (QED) is 0.832. The predicted octanol–water partition coefficient (Wildman–Crippen LogP) is 2.44. The second-order valence-electron chi connectivity index (χ2n) is 3.39. The average Bonchev–Trinajstić information content (AvgIpc) is 2.34. The molecular formula is C11H7BrClN3O2. The SMILES string of the molecule is O=C(Nc1cc(Br)cnc1Cl)c1cc[nH]c(=O)c1. The molecule has 0 aliphatic heterocycles. The van der Waals surface area contributed by atoms with Crippen molar-refractivity contribution < 1.29 is 4.79 Å². The molecule has 0 radical (unpaired) electrons. The zero-order chi connectivity index (χ0) is 13.1. The summed E-state index contributed by atoms with van der Waals surface area (Å²) in [5, 5.41) is 2.76. The fourth-order valence-corrected chi connectivity index (χ4v) is 1.77. The number of aromatic amines is 1. The van der Waals surface area contributed by atoms with Crippen LogP contribution in [0.15, 0.2) is 39.9 Å². The molecule has 2 heterocycles. The molecule has 0 saturated carbocycles. The topological polar surface area (TPSA) is 74.8 Å².